The van der Waals surface area contributed by atoms with E-state index in [4.69, 9.17) is 4.99 Å². The number of hydrogen-bond acceptors (Lipinski definition) is 3. The minimum absolute atomic E-state index is 0.120. The molecule has 0 amide bonds. The minimum Gasteiger partial charge on any atom is -0.359 e. The molecule has 24 heavy (non-hydrogen) atoms. The van der Waals surface area contributed by atoms with Gasteiger partial charge in [0, 0.05) is 31.1 Å². The van der Waals surface area contributed by atoms with Crippen LogP contribution in [0.2, 0.25) is 0 Å². The largest absolute Gasteiger partial charge is 0.359 e. The van der Waals surface area contributed by atoms with Gasteiger partial charge in [-0.25, -0.2) is 4.99 Å². The first-order valence-electron chi connectivity index (χ1n) is 8.86. The van der Waals surface area contributed by atoms with Gasteiger partial charge >= 0.3 is 0 Å². The third-order valence-corrected chi connectivity index (χ3v) is 4.23. The molecule has 0 saturated heterocycles. The Balaban J connectivity index is 2.33. The van der Waals surface area contributed by atoms with Gasteiger partial charge in [-0.1, -0.05) is 27.7 Å². The number of nitro groups is 1. The number of hydrogen-bond donors (Lipinski definition) is 0. The van der Waals surface area contributed by atoms with Crippen molar-refractivity contribution in [3.8, 4) is 0 Å². The van der Waals surface area contributed by atoms with Crippen molar-refractivity contribution in [1.82, 2.24) is 4.90 Å². The van der Waals surface area contributed by atoms with Crippen molar-refractivity contribution in [1.29, 1.82) is 0 Å². The van der Waals surface area contributed by atoms with Crippen molar-refractivity contribution in [3.05, 3.63) is 33.9 Å². The highest BCUT2D eigenvalue weighted by molar-refractivity contribution is 5.87. The fraction of sp³-hybridized carbons (Fsp3) is 0.632. The van der Waals surface area contributed by atoms with Crippen LogP contribution in [-0.2, 0) is 0 Å². The van der Waals surface area contributed by atoms with E-state index in [-0.39, 0.29) is 10.6 Å². The fourth-order valence-electron chi connectivity index (χ4n) is 2.88. The molecule has 1 aromatic rings. The van der Waals surface area contributed by atoms with Gasteiger partial charge in [0.25, 0.3) is 5.69 Å². The van der Waals surface area contributed by atoms with Gasteiger partial charge < -0.3 is 4.90 Å². The summed E-state index contributed by atoms with van der Waals surface area (Å²) in [5, 5.41) is 10.9. The Morgan fingerprint density at radius 1 is 1.33 bits per heavy atom. The molecule has 5 nitrogen and oxygen atoms in total. The van der Waals surface area contributed by atoms with Gasteiger partial charge in [0.05, 0.1) is 10.6 Å². The summed E-state index contributed by atoms with van der Waals surface area (Å²) in [7, 11) is 0. The molecule has 0 N–H and O–H groups in total. The Hall–Kier alpha value is -1.91. The normalized spacial score (nSPS) is 15.2. The lowest BCUT2D eigenvalue weighted by molar-refractivity contribution is -0.384. The van der Waals surface area contributed by atoms with Crippen LogP contribution in [0, 0.1) is 34.8 Å². The first kappa shape index (κ1) is 18.4. The van der Waals surface area contributed by atoms with Crippen LogP contribution in [0.1, 0.15) is 46.1 Å². The predicted octanol–water partition coefficient (Wildman–Crippen LogP) is 4.96. The lowest BCUT2D eigenvalue weighted by Gasteiger charge is -2.30. The quantitative estimate of drug-likeness (QED) is 0.307. The molecule has 0 radical (unpaired) electrons. The fourth-order valence-corrected chi connectivity index (χ4v) is 2.88. The van der Waals surface area contributed by atoms with Crippen molar-refractivity contribution in [3.63, 3.8) is 0 Å². The molecule has 1 aromatic carbocycles. The molecule has 0 unspecified atom stereocenters. The average Bonchev–Trinajstić information content (AvgIpc) is 3.28. The zero-order valence-corrected chi connectivity index (χ0v) is 15.5. The van der Waals surface area contributed by atoms with Gasteiger partial charge in [0.15, 0.2) is 0 Å². The van der Waals surface area contributed by atoms with Crippen LogP contribution in [0.25, 0.3) is 0 Å². The summed E-state index contributed by atoms with van der Waals surface area (Å²) in [6.45, 7) is 12.8. The zero-order valence-electron chi connectivity index (χ0n) is 15.5. The highest BCUT2D eigenvalue weighted by Crippen LogP contribution is 2.31. The third-order valence-electron chi connectivity index (χ3n) is 4.23. The van der Waals surface area contributed by atoms with Gasteiger partial charge in [-0.2, -0.15) is 0 Å². The van der Waals surface area contributed by atoms with Crippen LogP contribution in [0.5, 0.6) is 0 Å². The first-order chi connectivity index (χ1) is 11.3. The molecule has 0 aromatic heterocycles. The second kappa shape index (κ2) is 7.77. The van der Waals surface area contributed by atoms with Crippen molar-refractivity contribution >= 4 is 17.2 Å². The van der Waals surface area contributed by atoms with Crippen molar-refractivity contribution in [2.75, 3.05) is 13.1 Å². The summed E-state index contributed by atoms with van der Waals surface area (Å²) in [6.07, 6.45) is 2.63. The minimum atomic E-state index is -0.359. The Labute approximate surface area is 144 Å². The summed E-state index contributed by atoms with van der Waals surface area (Å²) in [5.74, 6) is 2.78. The molecule has 0 spiro atoms. The summed E-state index contributed by atoms with van der Waals surface area (Å²) in [4.78, 5) is 17.9. The second-order valence-electron chi connectivity index (χ2n) is 7.59. The van der Waals surface area contributed by atoms with Gasteiger partial charge in [0.2, 0.25) is 0 Å². The number of benzene rings is 1. The smallest absolute Gasteiger partial charge is 0.269 e. The number of nitro benzene ring substituents is 1. The molecule has 1 saturated carbocycles. The Morgan fingerprint density at radius 3 is 2.46 bits per heavy atom. The molecule has 0 atom stereocenters. The summed E-state index contributed by atoms with van der Waals surface area (Å²) in [6, 6.07) is 4.91. The highest BCUT2D eigenvalue weighted by Gasteiger charge is 2.27. The summed E-state index contributed by atoms with van der Waals surface area (Å²) in [5.41, 5.74) is 1.79. The summed E-state index contributed by atoms with van der Waals surface area (Å²) >= 11 is 0. The maximum Gasteiger partial charge on any atom is 0.269 e. The molecule has 0 heterocycles. The first-order valence-corrected chi connectivity index (χ1v) is 8.86. The number of amidine groups is 1. The van der Waals surface area contributed by atoms with Crippen LogP contribution >= 0.6 is 0 Å². The van der Waals surface area contributed by atoms with E-state index in [1.165, 1.54) is 18.9 Å². The molecule has 5 heteroatoms. The van der Waals surface area contributed by atoms with E-state index in [1.807, 2.05) is 6.92 Å². The topological polar surface area (TPSA) is 58.7 Å². The zero-order chi connectivity index (χ0) is 17.9. The van der Waals surface area contributed by atoms with Crippen LogP contribution in [0.3, 0.4) is 0 Å². The van der Waals surface area contributed by atoms with E-state index in [1.54, 1.807) is 12.1 Å². The van der Waals surface area contributed by atoms with Crippen molar-refractivity contribution in [2.45, 2.75) is 47.5 Å². The third kappa shape index (κ3) is 5.05. The maximum absolute atomic E-state index is 10.9. The maximum atomic E-state index is 10.9. The van der Waals surface area contributed by atoms with E-state index in [0.717, 1.165) is 36.1 Å². The van der Waals surface area contributed by atoms with E-state index in [9.17, 15) is 10.1 Å². The number of nitrogens with zero attached hydrogens (tertiary/aromatic N) is 3. The molecule has 1 fully saturated rings. The van der Waals surface area contributed by atoms with E-state index in [2.05, 4.69) is 32.6 Å². The van der Waals surface area contributed by atoms with Crippen LogP contribution in [0.4, 0.5) is 11.4 Å². The van der Waals surface area contributed by atoms with Gasteiger partial charge in [0.1, 0.15) is 5.84 Å². The molecular formula is C19H29N3O2. The lowest BCUT2D eigenvalue weighted by Crippen LogP contribution is -2.38. The van der Waals surface area contributed by atoms with Crippen LogP contribution in [-0.4, -0.2) is 28.7 Å². The second-order valence-corrected chi connectivity index (χ2v) is 7.59. The summed E-state index contributed by atoms with van der Waals surface area (Å²) < 4.78 is 0. The Morgan fingerprint density at radius 2 is 2.00 bits per heavy atom. The molecule has 1 aliphatic carbocycles. The number of aliphatic imine (C=N–C) groups is 1. The van der Waals surface area contributed by atoms with Gasteiger partial charge in [-0.05, 0) is 43.2 Å². The van der Waals surface area contributed by atoms with E-state index in [0.29, 0.717) is 11.8 Å². The average molecular weight is 331 g/mol. The number of rotatable bonds is 7. The van der Waals surface area contributed by atoms with Crippen LogP contribution < -0.4 is 0 Å². The van der Waals surface area contributed by atoms with Crippen molar-refractivity contribution < 1.29 is 4.92 Å². The Bertz CT molecular complexity index is 615. The molecule has 0 bridgehead atoms. The lowest BCUT2D eigenvalue weighted by atomic mass is 10.1. The highest BCUT2D eigenvalue weighted by atomic mass is 16.6. The number of aryl methyl sites for hydroxylation is 1. The van der Waals surface area contributed by atoms with E-state index < -0.39 is 0 Å². The molecule has 2 rings (SSSR count). The van der Waals surface area contributed by atoms with Gasteiger partial charge in [-0.15, -0.1) is 0 Å². The van der Waals surface area contributed by atoms with Crippen LogP contribution in [0.15, 0.2) is 23.2 Å². The molecule has 0 aliphatic heterocycles. The standard InChI is InChI=1S/C19H29N3O2/c1-13(2)11-21(12-16-6-7-16)19(14(3)4)20-18-9-8-17(22(23)24)10-15(18)5/h8-10,13-14,16H,6-7,11-12H2,1-5H3. The molecule has 1 aliphatic rings. The van der Waals surface area contributed by atoms with E-state index >= 15 is 0 Å². The van der Waals surface area contributed by atoms with Crippen molar-refractivity contribution in [2.24, 2.45) is 22.7 Å². The monoisotopic (exact) mass is 331 g/mol. The molecule has 132 valence electrons. The Kier molecular flexibility index (Phi) is 5.97. The van der Waals surface area contributed by atoms with Gasteiger partial charge in [-0.3, -0.25) is 10.1 Å². The predicted molar refractivity (Wildman–Crippen MR) is 98.9 cm³/mol. The number of non-ortho nitro benzene ring substituents is 1. The molecular weight excluding hydrogens is 302 g/mol. The SMILES string of the molecule is Cc1cc([N+](=O)[O-])ccc1N=C(C(C)C)N(CC(C)C)CC1CC1.